The molecule has 1 aliphatic heterocycles. The summed E-state index contributed by atoms with van der Waals surface area (Å²) in [5.41, 5.74) is 7.89. The third-order valence-corrected chi connectivity index (χ3v) is 9.24. The van der Waals surface area contributed by atoms with Gasteiger partial charge in [-0.25, -0.2) is 8.42 Å². The first kappa shape index (κ1) is 17.6. The van der Waals surface area contributed by atoms with Crippen molar-refractivity contribution < 1.29 is 8.42 Å². The highest BCUT2D eigenvalue weighted by Crippen LogP contribution is 2.54. The van der Waals surface area contributed by atoms with Gasteiger partial charge >= 0.3 is 0 Å². The smallest absolute Gasteiger partial charge is 0.210 e. The minimum Gasteiger partial charge on any atom is -0.310 e. The van der Waals surface area contributed by atoms with Crippen LogP contribution in [-0.2, 0) is 15.3 Å². The molecule has 7 rings (SSSR count). The molecule has 1 aromatic heterocycles. The van der Waals surface area contributed by atoms with E-state index in [2.05, 4.69) is 60.9 Å². The topological polar surface area (TPSA) is 39.1 Å². The molecule has 0 saturated heterocycles. The lowest BCUT2D eigenvalue weighted by molar-refractivity contribution is 0.602. The summed E-state index contributed by atoms with van der Waals surface area (Å²) in [4.78, 5) is 0.882. The molecule has 31 heavy (non-hydrogen) atoms. The second-order valence-corrected chi connectivity index (χ2v) is 11.2. The summed E-state index contributed by atoms with van der Waals surface area (Å²) in [6.45, 7) is 4.57. The lowest BCUT2D eigenvalue weighted by atomic mass is 9.80. The molecule has 0 unspecified atom stereocenters. The van der Waals surface area contributed by atoms with Crippen LogP contribution in [0.15, 0.2) is 76.5 Å². The van der Waals surface area contributed by atoms with Gasteiger partial charge in [0, 0.05) is 21.9 Å². The lowest BCUT2D eigenvalue weighted by Gasteiger charge is -2.25. The van der Waals surface area contributed by atoms with Gasteiger partial charge in [-0.05, 0) is 53.3 Å². The van der Waals surface area contributed by atoms with Gasteiger partial charge in [-0.3, -0.25) is 0 Å². The van der Waals surface area contributed by atoms with Gasteiger partial charge in [0.2, 0.25) is 9.84 Å². The van der Waals surface area contributed by atoms with Crippen LogP contribution in [0.1, 0.15) is 37.8 Å². The fraction of sp³-hybridized carbons (Fsp3) is 0.185. The van der Waals surface area contributed by atoms with Gasteiger partial charge in [0.1, 0.15) is 0 Å². The molecule has 152 valence electrons. The van der Waals surface area contributed by atoms with Crippen LogP contribution >= 0.6 is 0 Å². The number of benzene rings is 3. The normalized spacial score (nSPS) is 19.5. The Morgan fingerprint density at radius 1 is 0.935 bits per heavy atom. The zero-order chi connectivity index (χ0) is 21.1. The lowest BCUT2D eigenvalue weighted by Crippen LogP contribution is -2.17. The van der Waals surface area contributed by atoms with E-state index in [1.165, 1.54) is 27.6 Å². The predicted molar refractivity (Wildman–Crippen MR) is 126 cm³/mol. The van der Waals surface area contributed by atoms with Gasteiger partial charge in [-0.1, -0.05) is 62.4 Å². The number of nitrogens with zero attached hydrogens (tertiary/aromatic N) is 1. The summed E-state index contributed by atoms with van der Waals surface area (Å²) in [6.07, 6.45) is 5.37. The summed E-state index contributed by atoms with van der Waals surface area (Å²) in [6, 6.07) is 18.8. The molecule has 4 aromatic rings. The summed E-state index contributed by atoms with van der Waals surface area (Å²) in [5.74, 6) is 0. The van der Waals surface area contributed by atoms with Crippen molar-refractivity contribution in [1.29, 1.82) is 0 Å². The minimum atomic E-state index is -3.52. The Morgan fingerprint density at radius 3 is 2.65 bits per heavy atom. The fourth-order valence-corrected chi connectivity index (χ4v) is 7.84. The van der Waals surface area contributed by atoms with Crippen LogP contribution in [-0.4, -0.2) is 13.0 Å². The third-order valence-electron chi connectivity index (χ3n) is 7.38. The first-order valence-corrected chi connectivity index (χ1v) is 12.3. The van der Waals surface area contributed by atoms with Crippen LogP contribution < -0.4 is 0 Å². The Labute approximate surface area is 181 Å². The Morgan fingerprint density at radius 2 is 1.77 bits per heavy atom. The van der Waals surface area contributed by atoms with E-state index in [4.69, 9.17) is 0 Å². The molecule has 0 saturated carbocycles. The van der Waals surface area contributed by atoms with Crippen molar-refractivity contribution in [3.63, 3.8) is 0 Å². The van der Waals surface area contributed by atoms with E-state index >= 15 is 0 Å². The molecule has 4 heteroatoms. The van der Waals surface area contributed by atoms with Gasteiger partial charge in [-0.2, -0.15) is 0 Å². The van der Waals surface area contributed by atoms with Gasteiger partial charge in [-0.15, -0.1) is 0 Å². The highest BCUT2D eigenvalue weighted by molar-refractivity contribution is 7.96. The van der Waals surface area contributed by atoms with Crippen molar-refractivity contribution in [2.24, 2.45) is 0 Å². The molecular formula is C27H21NO2S. The number of para-hydroxylation sites is 1. The van der Waals surface area contributed by atoms with Gasteiger partial charge < -0.3 is 4.57 Å². The van der Waals surface area contributed by atoms with Crippen LogP contribution in [0.25, 0.3) is 38.6 Å². The molecular weight excluding hydrogens is 402 g/mol. The first-order valence-electron chi connectivity index (χ1n) is 10.8. The third kappa shape index (κ3) is 1.89. The van der Waals surface area contributed by atoms with E-state index in [0.29, 0.717) is 9.80 Å². The van der Waals surface area contributed by atoms with Crippen LogP contribution in [0.4, 0.5) is 0 Å². The van der Waals surface area contributed by atoms with E-state index in [1.807, 2.05) is 12.1 Å². The Balaban J connectivity index is 1.74. The quantitative estimate of drug-likeness (QED) is 0.328. The zero-order valence-electron chi connectivity index (χ0n) is 17.4. The standard InChI is InChI=1S/C27H21NO2S/c1-27(2)19-10-4-3-8-16(19)17-14-15-21-24(25(17)27)18-9-7-13-23-26(18)28(21)20-11-5-6-12-22(20)31(23,29)30/h3-4,6-10,12-15H,5,11H2,1-2H3. The van der Waals surface area contributed by atoms with E-state index in [-0.39, 0.29) is 5.41 Å². The van der Waals surface area contributed by atoms with Crippen molar-refractivity contribution in [2.45, 2.75) is 37.0 Å². The number of hydrogen-bond donors (Lipinski definition) is 0. The summed E-state index contributed by atoms with van der Waals surface area (Å²) < 4.78 is 29.3. The zero-order valence-corrected chi connectivity index (χ0v) is 18.3. The van der Waals surface area contributed by atoms with E-state index in [1.54, 1.807) is 12.1 Å². The average molecular weight is 424 g/mol. The molecule has 0 spiro atoms. The maximum absolute atomic E-state index is 13.5. The van der Waals surface area contributed by atoms with Gasteiger partial charge in [0.15, 0.2) is 0 Å². The molecule has 2 heterocycles. The molecule has 2 aliphatic carbocycles. The van der Waals surface area contributed by atoms with Gasteiger partial charge in [0.05, 0.1) is 20.8 Å². The largest absolute Gasteiger partial charge is 0.310 e. The van der Waals surface area contributed by atoms with Crippen molar-refractivity contribution in [3.05, 3.63) is 82.8 Å². The first-order chi connectivity index (χ1) is 14.9. The van der Waals surface area contributed by atoms with Crippen LogP contribution in [0.2, 0.25) is 0 Å². The number of aromatic nitrogens is 1. The molecule has 3 nitrogen and oxygen atoms in total. The summed E-state index contributed by atoms with van der Waals surface area (Å²) in [5, 5.41) is 2.23. The maximum Gasteiger partial charge on any atom is 0.210 e. The van der Waals surface area contributed by atoms with Crippen molar-refractivity contribution in [3.8, 4) is 11.1 Å². The van der Waals surface area contributed by atoms with Gasteiger partial charge in [0.25, 0.3) is 0 Å². The molecule has 3 aromatic carbocycles. The molecule has 0 atom stereocenters. The molecule has 0 radical (unpaired) electrons. The predicted octanol–water partition coefficient (Wildman–Crippen LogP) is 6.41. The molecule has 0 bridgehead atoms. The van der Waals surface area contributed by atoms with Crippen LogP contribution in [0, 0.1) is 0 Å². The van der Waals surface area contributed by atoms with E-state index in [9.17, 15) is 8.42 Å². The van der Waals surface area contributed by atoms with E-state index < -0.39 is 9.84 Å². The van der Waals surface area contributed by atoms with Crippen molar-refractivity contribution in [2.75, 3.05) is 0 Å². The maximum atomic E-state index is 13.5. The van der Waals surface area contributed by atoms with E-state index in [0.717, 1.165) is 35.0 Å². The molecule has 3 aliphatic rings. The number of hydrogen-bond acceptors (Lipinski definition) is 2. The minimum absolute atomic E-state index is 0.156. The Bertz CT molecular complexity index is 1660. The fourth-order valence-electron chi connectivity index (χ4n) is 6.11. The average Bonchev–Trinajstić information content (AvgIpc) is 3.23. The number of allylic oxidation sites excluding steroid dienone is 3. The van der Waals surface area contributed by atoms with Crippen LogP contribution in [0.3, 0.4) is 0 Å². The second-order valence-electron chi connectivity index (χ2n) is 9.30. The van der Waals surface area contributed by atoms with Crippen molar-refractivity contribution >= 4 is 37.3 Å². The number of sulfone groups is 1. The summed E-state index contributed by atoms with van der Waals surface area (Å²) in [7, 11) is -3.52. The number of rotatable bonds is 0. The van der Waals surface area contributed by atoms with Crippen molar-refractivity contribution in [1.82, 2.24) is 4.57 Å². The molecule has 0 fully saturated rings. The number of fused-ring (bicyclic) bond motifs is 8. The highest BCUT2D eigenvalue weighted by Gasteiger charge is 2.40. The monoisotopic (exact) mass is 423 g/mol. The summed E-state index contributed by atoms with van der Waals surface area (Å²) >= 11 is 0. The Hall–Kier alpha value is -3.11. The molecule has 0 amide bonds. The second kappa shape index (κ2) is 5.38. The Kier molecular flexibility index (Phi) is 3.05. The SMILES string of the molecule is CC1(C)c2ccccc2-c2ccc3c(c21)c1cccc2c1n3C1=C(C=CCC1)S2(=O)=O. The highest BCUT2D eigenvalue weighted by atomic mass is 32.2. The molecule has 0 N–H and O–H groups in total. The van der Waals surface area contributed by atoms with Crippen LogP contribution in [0.5, 0.6) is 0 Å².